The maximum absolute atomic E-state index is 14.6. The minimum absolute atomic E-state index is 0.0125. The monoisotopic (exact) mass is 443 g/mol. The van der Waals surface area contributed by atoms with Crippen molar-refractivity contribution < 1.29 is 18.6 Å². The van der Waals surface area contributed by atoms with Crippen molar-refractivity contribution in [3.8, 4) is 17.1 Å². The Balaban J connectivity index is 1.64. The van der Waals surface area contributed by atoms with Gasteiger partial charge in [-0.15, -0.1) is 10.2 Å². The number of phenols is 1. The highest BCUT2D eigenvalue weighted by atomic mass is 19.3. The molecule has 4 rings (SSSR count). The van der Waals surface area contributed by atoms with Crippen molar-refractivity contribution in [3.05, 3.63) is 36.8 Å². The Morgan fingerprint density at radius 2 is 2.00 bits per heavy atom. The molecular formula is C23H27F2N5O2. The molecule has 1 aliphatic carbocycles. The van der Waals surface area contributed by atoms with Crippen LogP contribution in [0.1, 0.15) is 33.1 Å². The lowest BCUT2D eigenvalue weighted by molar-refractivity contribution is -0.149. The molecule has 1 saturated carbocycles. The lowest BCUT2D eigenvalue weighted by Gasteiger charge is -2.50. The van der Waals surface area contributed by atoms with Crippen LogP contribution in [0.4, 0.5) is 14.6 Å². The summed E-state index contributed by atoms with van der Waals surface area (Å²) >= 11 is 0. The van der Waals surface area contributed by atoms with Gasteiger partial charge in [0, 0.05) is 50.2 Å². The Hall–Kier alpha value is -2.94. The highest BCUT2D eigenvalue weighted by molar-refractivity contribution is 5.88. The zero-order valence-electron chi connectivity index (χ0n) is 18.6. The minimum atomic E-state index is -2.80. The highest BCUT2D eigenvalue weighted by Gasteiger charge is 2.54. The van der Waals surface area contributed by atoms with E-state index in [4.69, 9.17) is 4.74 Å². The van der Waals surface area contributed by atoms with Crippen LogP contribution >= 0.6 is 0 Å². The summed E-state index contributed by atoms with van der Waals surface area (Å²) in [5.74, 6) is -2.18. The molecule has 1 aromatic carbocycles. The number of alkyl halides is 2. The van der Waals surface area contributed by atoms with Crippen LogP contribution in [-0.4, -0.2) is 57.5 Å². The summed E-state index contributed by atoms with van der Waals surface area (Å²) in [5, 5.41) is 20.5. The van der Waals surface area contributed by atoms with E-state index < -0.39 is 23.5 Å². The summed E-state index contributed by atoms with van der Waals surface area (Å²) in [6.45, 7) is 3.76. The first kappa shape index (κ1) is 22.3. The van der Waals surface area contributed by atoms with Crippen LogP contribution in [0.15, 0.2) is 36.8 Å². The van der Waals surface area contributed by atoms with E-state index in [2.05, 4.69) is 20.2 Å². The van der Waals surface area contributed by atoms with E-state index in [1.807, 2.05) is 19.9 Å². The van der Waals surface area contributed by atoms with Gasteiger partial charge in [-0.3, -0.25) is 4.98 Å². The molecule has 170 valence electrons. The summed E-state index contributed by atoms with van der Waals surface area (Å²) in [6.07, 6.45) is 4.45. The van der Waals surface area contributed by atoms with Gasteiger partial charge in [-0.1, -0.05) is 13.8 Å². The topological polar surface area (TPSA) is 84.3 Å². The van der Waals surface area contributed by atoms with Gasteiger partial charge in [-0.25, -0.2) is 13.8 Å². The second kappa shape index (κ2) is 8.20. The van der Waals surface area contributed by atoms with E-state index in [1.165, 1.54) is 6.20 Å². The predicted octanol–water partition coefficient (Wildman–Crippen LogP) is 4.46. The molecule has 0 bridgehead atoms. The lowest BCUT2D eigenvalue weighted by atomic mass is 9.67. The van der Waals surface area contributed by atoms with Gasteiger partial charge < -0.3 is 14.7 Å². The Kier molecular flexibility index (Phi) is 5.70. The molecule has 9 heteroatoms. The number of anilines is 1. The molecule has 0 unspecified atom stereocenters. The summed E-state index contributed by atoms with van der Waals surface area (Å²) in [6, 6.07) is 4.60. The van der Waals surface area contributed by atoms with E-state index in [9.17, 15) is 13.9 Å². The van der Waals surface area contributed by atoms with Crippen molar-refractivity contribution in [1.82, 2.24) is 20.2 Å². The lowest BCUT2D eigenvalue weighted by Crippen LogP contribution is -2.58. The fourth-order valence-corrected chi connectivity index (χ4v) is 4.78. The van der Waals surface area contributed by atoms with Crippen molar-refractivity contribution >= 4 is 16.6 Å². The predicted molar refractivity (Wildman–Crippen MR) is 118 cm³/mol. The van der Waals surface area contributed by atoms with Crippen LogP contribution in [-0.2, 0) is 4.74 Å². The van der Waals surface area contributed by atoms with Crippen LogP contribution < -0.4 is 4.90 Å². The fourth-order valence-electron chi connectivity index (χ4n) is 4.78. The fraction of sp³-hybridized carbons (Fsp3) is 0.478. The zero-order chi connectivity index (χ0) is 23.1. The van der Waals surface area contributed by atoms with Gasteiger partial charge in [0.25, 0.3) is 5.92 Å². The molecular weight excluding hydrogens is 416 g/mol. The van der Waals surface area contributed by atoms with E-state index in [-0.39, 0.29) is 24.4 Å². The molecule has 0 saturated heterocycles. The van der Waals surface area contributed by atoms with Gasteiger partial charge >= 0.3 is 0 Å². The third-order valence-corrected chi connectivity index (χ3v) is 6.67. The number of benzene rings is 1. The number of rotatable bonds is 5. The van der Waals surface area contributed by atoms with Crippen LogP contribution in [0.5, 0.6) is 5.75 Å². The van der Waals surface area contributed by atoms with Crippen LogP contribution in [0, 0.1) is 5.41 Å². The third kappa shape index (κ3) is 3.97. The van der Waals surface area contributed by atoms with E-state index >= 15 is 0 Å². The van der Waals surface area contributed by atoms with E-state index in [0.717, 1.165) is 10.8 Å². The Morgan fingerprint density at radius 3 is 2.66 bits per heavy atom. The number of aromatic nitrogens is 4. The molecule has 0 spiro atoms. The molecule has 0 amide bonds. The van der Waals surface area contributed by atoms with Gasteiger partial charge in [0.05, 0.1) is 23.9 Å². The van der Waals surface area contributed by atoms with Gasteiger partial charge in [-0.05, 0) is 30.0 Å². The maximum Gasteiger partial charge on any atom is 0.250 e. The number of aromatic hydroxyl groups is 1. The molecule has 2 aromatic heterocycles. The number of nitrogens with zero attached hydrogens (tertiary/aromatic N) is 5. The molecule has 7 nitrogen and oxygen atoms in total. The SMILES string of the molecule is CC[C@]1(C)CC(F)(F)C[C@H](N(C)c2cnc(-c3cc4ccncc4cc3O)nn2)[C@H]1OC. The summed E-state index contributed by atoms with van der Waals surface area (Å²) in [5.41, 5.74) is -0.231. The molecule has 1 aliphatic rings. The van der Waals surface area contributed by atoms with Gasteiger partial charge in [-0.2, -0.15) is 0 Å². The number of hydrogen-bond acceptors (Lipinski definition) is 7. The summed E-state index contributed by atoms with van der Waals surface area (Å²) in [7, 11) is 3.27. The number of methoxy groups -OCH3 is 1. The van der Waals surface area contributed by atoms with Gasteiger partial charge in [0.1, 0.15) is 5.75 Å². The second-order valence-electron chi connectivity index (χ2n) is 8.81. The highest BCUT2D eigenvalue weighted by Crippen LogP contribution is 2.49. The number of likely N-dealkylation sites (N-methyl/N-ethyl adjacent to an activating group) is 1. The number of phenolic OH excluding ortho intramolecular Hbond substituents is 1. The molecule has 0 aliphatic heterocycles. The van der Waals surface area contributed by atoms with Crippen LogP contribution in [0.25, 0.3) is 22.2 Å². The van der Waals surface area contributed by atoms with Gasteiger partial charge in [0.2, 0.25) is 0 Å². The molecule has 32 heavy (non-hydrogen) atoms. The van der Waals surface area contributed by atoms with Crippen molar-refractivity contribution in [2.24, 2.45) is 5.41 Å². The summed E-state index contributed by atoms with van der Waals surface area (Å²) in [4.78, 5) is 10.1. The first-order valence-corrected chi connectivity index (χ1v) is 10.6. The average molecular weight is 443 g/mol. The smallest absolute Gasteiger partial charge is 0.250 e. The van der Waals surface area contributed by atoms with Crippen LogP contribution in [0.2, 0.25) is 0 Å². The number of pyridine rings is 1. The average Bonchev–Trinajstić information content (AvgIpc) is 2.77. The summed E-state index contributed by atoms with van der Waals surface area (Å²) < 4.78 is 34.9. The van der Waals surface area contributed by atoms with E-state index in [0.29, 0.717) is 17.8 Å². The number of hydrogen-bond donors (Lipinski definition) is 1. The van der Waals surface area contributed by atoms with Crippen molar-refractivity contribution in [1.29, 1.82) is 0 Å². The number of fused-ring (bicyclic) bond motifs is 1. The largest absolute Gasteiger partial charge is 0.507 e. The Bertz CT molecular complexity index is 1110. The van der Waals surface area contributed by atoms with Crippen molar-refractivity contribution in [3.63, 3.8) is 0 Å². The van der Waals surface area contributed by atoms with Crippen LogP contribution in [0.3, 0.4) is 0 Å². The Labute approximate surface area is 185 Å². The molecule has 0 radical (unpaired) electrons. The van der Waals surface area contributed by atoms with E-state index in [1.54, 1.807) is 43.6 Å². The minimum Gasteiger partial charge on any atom is -0.507 e. The molecule has 1 fully saturated rings. The molecule has 1 N–H and O–H groups in total. The quantitative estimate of drug-likeness (QED) is 0.623. The van der Waals surface area contributed by atoms with Crippen molar-refractivity contribution in [2.75, 3.05) is 19.1 Å². The second-order valence-corrected chi connectivity index (χ2v) is 8.81. The van der Waals surface area contributed by atoms with Crippen molar-refractivity contribution in [2.45, 2.75) is 51.2 Å². The van der Waals surface area contributed by atoms with Gasteiger partial charge in [0.15, 0.2) is 11.6 Å². The zero-order valence-corrected chi connectivity index (χ0v) is 18.6. The normalized spacial score (nSPS) is 25.1. The standard InChI is InChI=1S/C23H27F2N5O2/c1-5-22(2)13-23(24,25)10-17(20(22)32-4)30(3)19-12-27-21(29-28-19)16-8-14-6-7-26-11-15(14)9-18(16)31/h6-9,11-12,17,20,31H,5,10,13H2,1-4H3/t17-,20+,22+/m0/s1. The first-order valence-electron chi connectivity index (χ1n) is 10.6. The number of ether oxygens (including phenoxy) is 1. The maximum atomic E-state index is 14.6. The Morgan fingerprint density at radius 1 is 1.22 bits per heavy atom. The first-order chi connectivity index (χ1) is 15.2. The molecule has 3 aromatic rings. The third-order valence-electron chi connectivity index (χ3n) is 6.67. The molecule has 2 heterocycles. The molecule has 3 atom stereocenters. The number of halogens is 2.